The van der Waals surface area contributed by atoms with Gasteiger partial charge in [0.1, 0.15) is 4.64 Å². The van der Waals surface area contributed by atoms with Gasteiger partial charge >= 0.3 is 0 Å². The highest BCUT2D eigenvalue weighted by atomic mass is 35.5. The summed E-state index contributed by atoms with van der Waals surface area (Å²) in [5, 5.41) is 0.714. The Labute approximate surface area is 143 Å². The number of fused-ring (bicyclic) bond motifs is 1. The van der Waals surface area contributed by atoms with Crippen molar-refractivity contribution < 1.29 is 0 Å². The molecule has 0 spiro atoms. The van der Waals surface area contributed by atoms with Gasteiger partial charge in [0.25, 0.3) is 0 Å². The van der Waals surface area contributed by atoms with Crippen LogP contribution in [0.4, 0.5) is 0 Å². The quantitative estimate of drug-likeness (QED) is 0.498. The summed E-state index contributed by atoms with van der Waals surface area (Å²) in [7, 11) is 0. The molecule has 0 saturated heterocycles. The Hall–Kier alpha value is -2.43. The van der Waals surface area contributed by atoms with Gasteiger partial charge in [-0.3, -0.25) is 4.40 Å². The molecule has 2 aromatic carbocycles. The number of halogens is 1. The first kappa shape index (κ1) is 14.2. The van der Waals surface area contributed by atoms with E-state index in [9.17, 15) is 0 Å². The van der Waals surface area contributed by atoms with Crippen molar-refractivity contribution in [1.82, 2.24) is 14.4 Å². The first-order valence-electron chi connectivity index (χ1n) is 7.14. The minimum Gasteiger partial charge on any atom is -0.323 e. The molecule has 0 aliphatic heterocycles. The molecule has 0 aliphatic rings. The molecule has 3 nitrogen and oxygen atoms in total. The molecule has 0 bridgehead atoms. The highest BCUT2D eigenvalue weighted by Crippen LogP contribution is 2.24. The molecule has 0 radical (unpaired) electrons. The van der Waals surface area contributed by atoms with E-state index in [0.717, 1.165) is 32.8 Å². The molecule has 1 N–H and O–H groups in total. The van der Waals surface area contributed by atoms with Crippen LogP contribution in [-0.2, 0) is 0 Å². The van der Waals surface area contributed by atoms with Gasteiger partial charge in [-0.05, 0) is 23.3 Å². The highest BCUT2D eigenvalue weighted by Gasteiger charge is 2.08. The van der Waals surface area contributed by atoms with Crippen LogP contribution >= 0.6 is 23.8 Å². The van der Waals surface area contributed by atoms with Crippen molar-refractivity contribution in [3.8, 4) is 22.4 Å². The molecule has 0 saturated carbocycles. The second kappa shape index (κ2) is 5.65. The number of aromatic amines is 1. The van der Waals surface area contributed by atoms with Crippen molar-refractivity contribution in [3.05, 3.63) is 76.7 Å². The molecule has 5 heteroatoms. The van der Waals surface area contributed by atoms with Crippen LogP contribution in [-0.4, -0.2) is 14.4 Å². The van der Waals surface area contributed by atoms with Crippen LogP contribution in [0.5, 0.6) is 0 Å². The van der Waals surface area contributed by atoms with E-state index in [-0.39, 0.29) is 0 Å². The maximum atomic E-state index is 5.95. The van der Waals surface area contributed by atoms with Crippen molar-refractivity contribution in [1.29, 1.82) is 0 Å². The fraction of sp³-hybridized carbons (Fsp3) is 0. The first-order valence-corrected chi connectivity index (χ1v) is 7.93. The number of hydrogen-bond acceptors (Lipinski definition) is 2. The number of rotatable bonds is 2. The number of imidazole rings is 1. The molecule has 23 heavy (non-hydrogen) atoms. The average Bonchev–Trinajstić information content (AvgIpc) is 3.02. The monoisotopic (exact) mass is 337 g/mol. The average molecular weight is 338 g/mol. The number of hydrogen-bond donors (Lipinski definition) is 1. The van der Waals surface area contributed by atoms with Crippen LogP contribution < -0.4 is 0 Å². The van der Waals surface area contributed by atoms with Gasteiger partial charge in [0.15, 0.2) is 0 Å². The van der Waals surface area contributed by atoms with Gasteiger partial charge in [-0.25, -0.2) is 4.98 Å². The van der Waals surface area contributed by atoms with E-state index < -0.39 is 0 Å². The topological polar surface area (TPSA) is 33.1 Å². The molecular formula is C18H12ClN3S. The van der Waals surface area contributed by atoms with Crippen LogP contribution in [0.25, 0.3) is 28.2 Å². The summed E-state index contributed by atoms with van der Waals surface area (Å²) in [5.74, 6) is 0.722. The van der Waals surface area contributed by atoms with Crippen LogP contribution in [0.2, 0.25) is 5.02 Å². The zero-order chi connectivity index (χ0) is 15.8. The summed E-state index contributed by atoms with van der Waals surface area (Å²) in [6.07, 6.45) is 3.79. The van der Waals surface area contributed by atoms with Crippen molar-refractivity contribution in [2.24, 2.45) is 0 Å². The smallest absolute Gasteiger partial charge is 0.212 e. The molecule has 0 amide bonds. The minimum absolute atomic E-state index is 0.714. The predicted octanol–water partition coefficient (Wildman–Crippen LogP) is 5.38. The molecule has 0 fully saturated rings. The van der Waals surface area contributed by atoms with Crippen molar-refractivity contribution >= 4 is 29.6 Å². The third-order valence-corrected chi connectivity index (χ3v) is 4.41. The van der Waals surface area contributed by atoms with E-state index in [1.807, 2.05) is 71.4 Å². The Morgan fingerprint density at radius 1 is 0.957 bits per heavy atom. The molecule has 112 valence electrons. The van der Waals surface area contributed by atoms with Gasteiger partial charge in [0.2, 0.25) is 5.78 Å². The summed E-state index contributed by atoms with van der Waals surface area (Å²) in [6.45, 7) is 0. The second-order valence-corrected chi connectivity index (χ2v) is 6.03. The van der Waals surface area contributed by atoms with Crippen LogP contribution in [0.3, 0.4) is 0 Å². The van der Waals surface area contributed by atoms with Gasteiger partial charge in [0, 0.05) is 23.0 Å². The Bertz CT molecular complexity index is 1030. The zero-order valence-corrected chi connectivity index (χ0v) is 13.6. The number of nitrogens with one attached hydrogen (secondary N) is 1. The maximum absolute atomic E-state index is 5.95. The Balaban J connectivity index is 1.88. The third-order valence-electron chi connectivity index (χ3n) is 3.74. The fourth-order valence-corrected chi connectivity index (χ4v) is 2.99. The van der Waals surface area contributed by atoms with Crippen molar-refractivity contribution in [3.63, 3.8) is 0 Å². The predicted molar refractivity (Wildman–Crippen MR) is 96.3 cm³/mol. The number of nitrogens with zero attached hydrogens (tertiary/aromatic N) is 2. The highest BCUT2D eigenvalue weighted by molar-refractivity contribution is 7.71. The Morgan fingerprint density at radius 3 is 2.43 bits per heavy atom. The lowest BCUT2D eigenvalue weighted by atomic mass is 10.1. The van der Waals surface area contributed by atoms with E-state index in [1.54, 1.807) is 0 Å². The van der Waals surface area contributed by atoms with E-state index in [2.05, 4.69) is 9.97 Å². The summed E-state index contributed by atoms with van der Waals surface area (Å²) in [4.78, 5) is 7.79. The minimum atomic E-state index is 0.714. The Morgan fingerprint density at radius 2 is 1.70 bits per heavy atom. The second-order valence-electron chi connectivity index (χ2n) is 5.21. The van der Waals surface area contributed by atoms with E-state index in [0.29, 0.717) is 5.02 Å². The number of benzene rings is 2. The van der Waals surface area contributed by atoms with Crippen LogP contribution in [0.1, 0.15) is 0 Å². The molecule has 0 aliphatic carbocycles. The van der Waals surface area contributed by atoms with Gasteiger partial charge < -0.3 is 4.98 Å². The number of aromatic nitrogens is 3. The zero-order valence-electron chi connectivity index (χ0n) is 12.0. The van der Waals surface area contributed by atoms with Crippen molar-refractivity contribution in [2.45, 2.75) is 0 Å². The lowest BCUT2D eigenvalue weighted by molar-refractivity contribution is 1.09. The standard InChI is InChI=1S/C18H12ClN3S/c19-14-8-6-13(7-9-14)16-11-22-17(23)15(10-20-18(22)21-16)12-4-2-1-3-5-12/h1-11H,(H,20,21). The molecule has 4 aromatic rings. The van der Waals surface area contributed by atoms with Gasteiger partial charge in [0.05, 0.1) is 5.69 Å². The molecule has 4 rings (SSSR count). The summed E-state index contributed by atoms with van der Waals surface area (Å²) >= 11 is 11.6. The lowest BCUT2D eigenvalue weighted by Gasteiger charge is -2.02. The largest absolute Gasteiger partial charge is 0.323 e. The fourth-order valence-electron chi connectivity index (χ4n) is 2.56. The molecule has 0 atom stereocenters. The van der Waals surface area contributed by atoms with Gasteiger partial charge in [-0.1, -0.05) is 66.3 Å². The SMILES string of the molecule is S=c1c(-c2ccccc2)cnc2[nH]c(-c3ccc(Cl)cc3)cn12. The van der Waals surface area contributed by atoms with E-state index in [1.165, 1.54) is 0 Å². The Kier molecular flexibility index (Phi) is 3.48. The van der Waals surface area contributed by atoms with E-state index in [4.69, 9.17) is 23.8 Å². The normalized spacial score (nSPS) is 11.0. The third kappa shape index (κ3) is 2.56. The van der Waals surface area contributed by atoms with Crippen LogP contribution in [0.15, 0.2) is 67.0 Å². The van der Waals surface area contributed by atoms with E-state index >= 15 is 0 Å². The first-order chi connectivity index (χ1) is 11.2. The number of H-pyrrole nitrogens is 1. The summed E-state index contributed by atoms with van der Waals surface area (Å²) in [5.41, 5.74) is 3.99. The summed E-state index contributed by atoms with van der Waals surface area (Å²) < 4.78 is 2.64. The lowest BCUT2D eigenvalue weighted by Crippen LogP contribution is -1.92. The van der Waals surface area contributed by atoms with Crippen LogP contribution in [0, 0.1) is 4.64 Å². The van der Waals surface area contributed by atoms with Gasteiger partial charge in [-0.15, -0.1) is 0 Å². The van der Waals surface area contributed by atoms with Gasteiger partial charge in [-0.2, -0.15) is 0 Å². The molecule has 2 aromatic heterocycles. The molecule has 2 heterocycles. The van der Waals surface area contributed by atoms with Crippen molar-refractivity contribution in [2.75, 3.05) is 0 Å². The molecular weight excluding hydrogens is 326 g/mol. The molecule has 0 unspecified atom stereocenters. The maximum Gasteiger partial charge on any atom is 0.212 e. The summed E-state index contributed by atoms with van der Waals surface area (Å²) in [6, 6.07) is 17.7.